The van der Waals surface area contributed by atoms with Gasteiger partial charge in [-0.2, -0.15) is 4.31 Å². The summed E-state index contributed by atoms with van der Waals surface area (Å²) < 4.78 is 28.0. The number of unbranched alkanes of at least 4 members (excludes halogenated alkanes) is 2. The van der Waals surface area contributed by atoms with Crippen LogP contribution in [-0.4, -0.2) is 68.7 Å². The summed E-state index contributed by atoms with van der Waals surface area (Å²) in [6.07, 6.45) is 3.97. The number of hydrogen-bond acceptors (Lipinski definition) is 7. The number of nitrogens with one attached hydrogen (secondary N) is 3. The van der Waals surface area contributed by atoms with E-state index in [-0.39, 0.29) is 10.5 Å². The van der Waals surface area contributed by atoms with Crippen LogP contribution >= 0.6 is 11.3 Å². The molecule has 0 saturated heterocycles. The smallest absolute Gasteiger partial charge is 0.321 e. The number of anilines is 1. The quantitative estimate of drug-likeness (QED) is 0.349. The van der Waals surface area contributed by atoms with Crippen LogP contribution in [0, 0.1) is 0 Å². The fraction of sp³-hybridized carbons (Fsp3) is 0.519. The number of amides is 4. The van der Waals surface area contributed by atoms with Crippen molar-refractivity contribution in [1.29, 1.82) is 0 Å². The van der Waals surface area contributed by atoms with Gasteiger partial charge in [-0.25, -0.2) is 13.2 Å². The predicted octanol–water partition coefficient (Wildman–Crippen LogP) is 4.04. The molecule has 3 rings (SSSR count). The van der Waals surface area contributed by atoms with Crippen LogP contribution < -0.4 is 16.0 Å². The molecular weight excluding hydrogens is 538 g/mol. The van der Waals surface area contributed by atoms with Gasteiger partial charge in [0.1, 0.15) is 5.00 Å². The van der Waals surface area contributed by atoms with E-state index < -0.39 is 27.9 Å². The number of sulfonamides is 1. The second-order valence-electron chi connectivity index (χ2n) is 9.45. The molecule has 39 heavy (non-hydrogen) atoms. The Labute approximate surface area is 235 Å². The first-order valence-corrected chi connectivity index (χ1v) is 15.7. The molecule has 12 heteroatoms. The van der Waals surface area contributed by atoms with Crippen molar-refractivity contribution in [2.45, 2.75) is 64.3 Å². The first kappa shape index (κ1) is 30.7. The van der Waals surface area contributed by atoms with Crippen molar-refractivity contribution in [3.8, 4) is 0 Å². The standard InChI is InChI=1S/C27H39N5O5S2/c1-5-8-15-32(16-9-6-2)39(36,37)20-12-10-19(11-13-20)24(33)29-26-23(25(34)30-27(35)28-4)21-14-17-31(7-3)18-22(21)38-26/h10-13H,5-9,14-18H2,1-4H3,(H,29,33)(H2,28,30,34,35). The number of likely N-dealkylation sites (N-methyl/N-ethyl adjacent to an activating group) is 1. The minimum atomic E-state index is -3.68. The average molecular weight is 578 g/mol. The van der Waals surface area contributed by atoms with Gasteiger partial charge in [-0.05, 0) is 55.6 Å². The lowest BCUT2D eigenvalue weighted by Gasteiger charge is -2.25. The number of nitrogens with zero attached hydrogens (tertiary/aromatic N) is 2. The zero-order valence-electron chi connectivity index (χ0n) is 23.1. The molecule has 0 bridgehead atoms. The molecule has 1 aromatic heterocycles. The highest BCUT2D eigenvalue weighted by Crippen LogP contribution is 2.37. The number of carbonyl (C=O) groups is 3. The summed E-state index contributed by atoms with van der Waals surface area (Å²) in [7, 11) is -2.26. The van der Waals surface area contributed by atoms with Crippen LogP contribution in [0.2, 0.25) is 0 Å². The molecular formula is C27H39N5O5S2. The molecule has 10 nitrogen and oxygen atoms in total. The SMILES string of the molecule is CCCCN(CCCC)S(=O)(=O)c1ccc(C(=O)Nc2sc3c(c2C(=O)NC(=O)NC)CCN(CC)C3)cc1. The Bertz CT molecular complexity index is 1270. The summed E-state index contributed by atoms with van der Waals surface area (Å²) in [6.45, 7) is 9.33. The van der Waals surface area contributed by atoms with Gasteiger partial charge < -0.3 is 10.6 Å². The summed E-state index contributed by atoms with van der Waals surface area (Å²) >= 11 is 1.32. The Morgan fingerprint density at radius 3 is 2.21 bits per heavy atom. The van der Waals surface area contributed by atoms with Crippen molar-refractivity contribution in [3.05, 3.63) is 45.8 Å². The molecule has 0 saturated carbocycles. The second kappa shape index (κ2) is 14.0. The van der Waals surface area contributed by atoms with Gasteiger partial charge in [0.25, 0.3) is 11.8 Å². The molecule has 0 aliphatic carbocycles. The summed E-state index contributed by atoms with van der Waals surface area (Å²) in [5.74, 6) is -1.04. The van der Waals surface area contributed by atoms with Crippen LogP contribution in [0.1, 0.15) is 77.6 Å². The maximum Gasteiger partial charge on any atom is 0.321 e. The first-order valence-electron chi connectivity index (χ1n) is 13.5. The monoisotopic (exact) mass is 577 g/mol. The summed E-state index contributed by atoms with van der Waals surface area (Å²) in [6, 6.07) is 5.24. The number of thiophene rings is 1. The van der Waals surface area contributed by atoms with E-state index in [1.807, 2.05) is 13.8 Å². The van der Waals surface area contributed by atoms with E-state index in [1.165, 1.54) is 47.0 Å². The number of imide groups is 1. The highest BCUT2D eigenvalue weighted by Gasteiger charge is 2.29. The van der Waals surface area contributed by atoms with Crippen molar-refractivity contribution < 1.29 is 22.8 Å². The van der Waals surface area contributed by atoms with E-state index in [0.717, 1.165) is 49.2 Å². The normalized spacial score (nSPS) is 13.7. The lowest BCUT2D eigenvalue weighted by molar-refractivity contribution is 0.0964. The molecule has 4 amide bonds. The topological polar surface area (TPSA) is 128 Å². The average Bonchev–Trinajstić information content (AvgIpc) is 3.29. The number of carbonyl (C=O) groups excluding carboxylic acids is 3. The fourth-order valence-electron chi connectivity index (χ4n) is 4.41. The van der Waals surface area contributed by atoms with E-state index in [4.69, 9.17) is 0 Å². The Morgan fingerprint density at radius 1 is 1.00 bits per heavy atom. The van der Waals surface area contributed by atoms with Gasteiger partial charge in [0.2, 0.25) is 10.0 Å². The third kappa shape index (κ3) is 7.44. The van der Waals surface area contributed by atoms with Gasteiger partial charge in [0, 0.05) is 43.7 Å². The third-order valence-electron chi connectivity index (χ3n) is 6.77. The zero-order valence-corrected chi connectivity index (χ0v) is 24.8. The van der Waals surface area contributed by atoms with Crippen LogP contribution in [0.5, 0.6) is 0 Å². The molecule has 1 aliphatic heterocycles. The molecule has 0 unspecified atom stereocenters. The number of rotatable bonds is 12. The highest BCUT2D eigenvalue weighted by atomic mass is 32.2. The lowest BCUT2D eigenvalue weighted by Crippen LogP contribution is -2.38. The van der Waals surface area contributed by atoms with Gasteiger partial charge in [0.15, 0.2) is 0 Å². The van der Waals surface area contributed by atoms with E-state index >= 15 is 0 Å². The van der Waals surface area contributed by atoms with E-state index in [9.17, 15) is 22.8 Å². The van der Waals surface area contributed by atoms with Crippen molar-refractivity contribution >= 4 is 44.2 Å². The minimum Gasteiger partial charge on any atom is -0.341 e. The fourth-order valence-corrected chi connectivity index (χ4v) is 7.21. The molecule has 3 N–H and O–H groups in total. The van der Waals surface area contributed by atoms with Crippen molar-refractivity contribution in [1.82, 2.24) is 19.8 Å². The van der Waals surface area contributed by atoms with E-state index in [2.05, 4.69) is 27.8 Å². The number of benzene rings is 1. The van der Waals surface area contributed by atoms with Crippen LogP contribution in [-0.2, 0) is 23.0 Å². The minimum absolute atomic E-state index is 0.142. The summed E-state index contributed by atoms with van der Waals surface area (Å²) in [4.78, 5) is 41.4. The van der Waals surface area contributed by atoms with Crippen molar-refractivity contribution in [2.75, 3.05) is 38.5 Å². The summed E-state index contributed by atoms with van der Waals surface area (Å²) in [5, 5.41) is 7.88. The van der Waals surface area contributed by atoms with Gasteiger partial charge in [-0.1, -0.05) is 33.6 Å². The maximum atomic E-state index is 13.3. The molecule has 0 radical (unpaired) electrons. The van der Waals surface area contributed by atoms with Gasteiger partial charge >= 0.3 is 6.03 Å². The molecule has 2 heterocycles. The predicted molar refractivity (Wildman–Crippen MR) is 154 cm³/mol. The van der Waals surface area contributed by atoms with Crippen LogP contribution in [0.3, 0.4) is 0 Å². The van der Waals surface area contributed by atoms with Crippen LogP contribution in [0.25, 0.3) is 0 Å². The van der Waals surface area contributed by atoms with Gasteiger partial charge in [-0.3, -0.25) is 19.8 Å². The Morgan fingerprint density at radius 2 is 1.64 bits per heavy atom. The highest BCUT2D eigenvalue weighted by molar-refractivity contribution is 7.89. The molecule has 214 valence electrons. The molecule has 0 atom stereocenters. The summed E-state index contributed by atoms with van der Waals surface area (Å²) in [5.41, 5.74) is 1.40. The molecule has 2 aromatic rings. The molecule has 1 aromatic carbocycles. The van der Waals surface area contributed by atoms with E-state index in [0.29, 0.717) is 36.6 Å². The number of hydrogen-bond donors (Lipinski definition) is 3. The van der Waals surface area contributed by atoms with Crippen LogP contribution in [0.4, 0.5) is 9.80 Å². The molecule has 0 fully saturated rings. The Balaban J connectivity index is 1.85. The van der Waals surface area contributed by atoms with Gasteiger partial charge in [-0.15, -0.1) is 11.3 Å². The van der Waals surface area contributed by atoms with E-state index in [1.54, 1.807) is 0 Å². The zero-order chi connectivity index (χ0) is 28.6. The molecule has 1 aliphatic rings. The third-order valence-corrected chi connectivity index (χ3v) is 9.81. The second-order valence-corrected chi connectivity index (χ2v) is 12.5. The van der Waals surface area contributed by atoms with Crippen LogP contribution in [0.15, 0.2) is 29.2 Å². The molecule has 0 spiro atoms. The first-order chi connectivity index (χ1) is 18.7. The van der Waals surface area contributed by atoms with Crippen molar-refractivity contribution in [2.24, 2.45) is 0 Å². The maximum absolute atomic E-state index is 13.3. The Hall–Kier alpha value is -2.80. The lowest BCUT2D eigenvalue weighted by atomic mass is 10.0. The number of urea groups is 1. The largest absolute Gasteiger partial charge is 0.341 e. The van der Waals surface area contributed by atoms with Crippen molar-refractivity contribution in [3.63, 3.8) is 0 Å². The number of fused-ring (bicyclic) bond motifs is 1. The van der Waals surface area contributed by atoms with Gasteiger partial charge in [0.05, 0.1) is 10.5 Å². The Kier molecular flexibility index (Phi) is 11.0.